The van der Waals surface area contributed by atoms with Crippen molar-refractivity contribution in [3.05, 3.63) is 66.2 Å². The topological polar surface area (TPSA) is 87.3 Å². The molecule has 0 bridgehead atoms. The van der Waals surface area contributed by atoms with Crippen LogP contribution in [-0.4, -0.2) is 27.8 Å². The van der Waals surface area contributed by atoms with Gasteiger partial charge < -0.3 is 13.9 Å². The van der Waals surface area contributed by atoms with Crippen molar-refractivity contribution in [3.8, 4) is 23.0 Å². The highest BCUT2D eigenvalue weighted by Gasteiger charge is 2.11. The molecule has 0 saturated heterocycles. The molecule has 3 aromatic heterocycles. The Morgan fingerprint density at radius 2 is 1.90 bits per heavy atom. The number of nitrogens with zero attached hydrogens (tertiary/aromatic N) is 3. The van der Waals surface area contributed by atoms with Gasteiger partial charge in [0.15, 0.2) is 11.4 Å². The number of hydrogen-bond acceptors (Lipinski definition) is 7. The number of carbonyl (C=O) groups excluding carboxylic acids is 1. The van der Waals surface area contributed by atoms with Gasteiger partial charge in [-0.05, 0) is 36.4 Å². The first-order chi connectivity index (χ1) is 14.2. The molecule has 0 saturated carbocycles. The number of carbonyl (C=O) groups is 1. The number of methoxy groups -OCH3 is 1. The van der Waals surface area contributed by atoms with Gasteiger partial charge in [-0.15, -0.1) is 0 Å². The molecule has 0 N–H and O–H groups in total. The molecule has 0 fully saturated rings. The van der Waals surface area contributed by atoms with Gasteiger partial charge in [-0.25, -0.2) is 4.98 Å². The average Bonchev–Trinajstić information content (AvgIpc) is 3.21. The summed E-state index contributed by atoms with van der Waals surface area (Å²) in [5.74, 6) is 1.81. The minimum atomic E-state index is 0.00209. The zero-order chi connectivity index (χ0) is 20.2. The molecule has 1 aromatic carbocycles. The van der Waals surface area contributed by atoms with Crippen LogP contribution in [0.2, 0.25) is 0 Å². The van der Waals surface area contributed by atoms with Gasteiger partial charge in [-0.1, -0.05) is 6.92 Å². The van der Waals surface area contributed by atoms with Crippen LogP contribution in [0.5, 0.6) is 11.5 Å². The third-order valence-electron chi connectivity index (χ3n) is 4.40. The Morgan fingerprint density at radius 3 is 2.59 bits per heavy atom. The third-order valence-corrected chi connectivity index (χ3v) is 4.40. The van der Waals surface area contributed by atoms with Crippen LogP contribution in [-0.2, 0) is 6.61 Å². The molecule has 0 spiro atoms. The zero-order valence-corrected chi connectivity index (χ0v) is 16.1. The van der Waals surface area contributed by atoms with Crippen molar-refractivity contribution in [2.45, 2.75) is 20.0 Å². The predicted octanol–water partition coefficient (Wildman–Crippen LogP) is 4.47. The van der Waals surface area contributed by atoms with Gasteiger partial charge in [0.25, 0.3) is 0 Å². The Labute approximate surface area is 167 Å². The Kier molecular flexibility index (Phi) is 5.20. The number of Topliss-reactive ketones (excluding diaryl/α,β-unsaturated/α-hetero) is 1. The van der Waals surface area contributed by atoms with Gasteiger partial charge in [-0.2, -0.15) is 0 Å². The van der Waals surface area contributed by atoms with Crippen LogP contribution in [0.3, 0.4) is 0 Å². The lowest BCUT2D eigenvalue weighted by Gasteiger charge is -2.06. The maximum Gasteiger partial charge on any atom is 0.228 e. The summed E-state index contributed by atoms with van der Waals surface area (Å²) in [6.45, 7) is 2.14. The standard InChI is InChI=1S/C22H19N3O4/c1-3-20(26)18-8-4-14(11-24-18)22-25-19-10-16(7-9-21(19)29-22)28-13-15-5-6-17(27-2)12-23-15/h4-12H,3,13H2,1-2H3. The summed E-state index contributed by atoms with van der Waals surface area (Å²) < 4.78 is 16.7. The molecule has 7 nitrogen and oxygen atoms in total. The number of aromatic nitrogens is 3. The summed E-state index contributed by atoms with van der Waals surface area (Å²) in [5, 5.41) is 0. The summed E-state index contributed by atoms with van der Waals surface area (Å²) in [5.41, 5.74) is 3.26. The first-order valence-electron chi connectivity index (χ1n) is 9.18. The number of ketones is 1. The number of ether oxygens (including phenoxy) is 2. The van der Waals surface area contributed by atoms with Crippen LogP contribution >= 0.6 is 0 Å². The SMILES string of the molecule is CCC(=O)c1ccc(-c2nc3cc(OCc4ccc(OC)cn4)ccc3o2)cn1. The molecular formula is C22H19N3O4. The molecule has 0 radical (unpaired) electrons. The van der Waals surface area contributed by atoms with E-state index in [1.165, 1.54) is 0 Å². The average molecular weight is 389 g/mol. The fraction of sp³-hybridized carbons (Fsp3) is 0.182. The smallest absolute Gasteiger partial charge is 0.228 e. The zero-order valence-electron chi connectivity index (χ0n) is 16.1. The van der Waals surface area contributed by atoms with Crippen LogP contribution in [0.4, 0.5) is 0 Å². The van der Waals surface area contributed by atoms with E-state index < -0.39 is 0 Å². The molecule has 29 heavy (non-hydrogen) atoms. The van der Waals surface area contributed by atoms with Gasteiger partial charge in [0.2, 0.25) is 5.89 Å². The fourth-order valence-electron chi connectivity index (χ4n) is 2.76. The maximum atomic E-state index is 11.7. The number of pyridine rings is 2. The largest absolute Gasteiger partial charge is 0.495 e. The first-order valence-corrected chi connectivity index (χ1v) is 9.18. The molecule has 0 unspecified atom stereocenters. The first kappa shape index (κ1) is 18.6. The molecule has 0 amide bonds. The van der Waals surface area contributed by atoms with E-state index in [-0.39, 0.29) is 5.78 Å². The van der Waals surface area contributed by atoms with Crippen molar-refractivity contribution in [1.82, 2.24) is 15.0 Å². The van der Waals surface area contributed by atoms with E-state index >= 15 is 0 Å². The highest BCUT2D eigenvalue weighted by molar-refractivity contribution is 5.94. The summed E-state index contributed by atoms with van der Waals surface area (Å²) in [6, 6.07) is 12.6. The highest BCUT2D eigenvalue weighted by Crippen LogP contribution is 2.27. The van der Waals surface area contributed by atoms with E-state index in [1.807, 2.05) is 37.3 Å². The lowest BCUT2D eigenvalue weighted by atomic mass is 10.2. The van der Waals surface area contributed by atoms with Crippen LogP contribution in [0.1, 0.15) is 29.5 Å². The lowest BCUT2D eigenvalue weighted by molar-refractivity contribution is 0.0983. The normalized spacial score (nSPS) is 10.8. The summed E-state index contributed by atoms with van der Waals surface area (Å²) in [6.07, 6.45) is 3.67. The van der Waals surface area contributed by atoms with Crippen LogP contribution in [0, 0.1) is 0 Å². The number of rotatable bonds is 7. The number of hydrogen-bond donors (Lipinski definition) is 0. The Bertz CT molecular complexity index is 1140. The van der Waals surface area contributed by atoms with E-state index in [1.54, 1.807) is 31.6 Å². The quantitative estimate of drug-likeness (QED) is 0.431. The van der Waals surface area contributed by atoms with E-state index in [2.05, 4.69) is 15.0 Å². The van der Waals surface area contributed by atoms with Crippen LogP contribution in [0.15, 0.2) is 59.3 Å². The summed E-state index contributed by atoms with van der Waals surface area (Å²) >= 11 is 0. The van der Waals surface area contributed by atoms with E-state index in [0.717, 1.165) is 5.69 Å². The van der Waals surface area contributed by atoms with Crippen LogP contribution in [0.25, 0.3) is 22.6 Å². The predicted molar refractivity (Wildman–Crippen MR) is 107 cm³/mol. The summed E-state index contributed by atoms with van der Waals surface area (Å²) in [7, 11) is 1.60. The maximum absolute atomic E-state index is 11.7. The van der Waals surface area contributed by atoms with Crippen molar-refractivity contribution in [1.29, 1.82) is 0 Å². The number of fused-ring (bicyclic) bond motifs is 1. The molecule has 7 heteroatoms. The molecule has 146 valence electrons. The second kappa shape index (κ2) is 8.10. The molecule has 0 aliphatic heterocycles. The van der Waals surface area contributed by atoms with Crippen molar-refractivity contribution < 1.29 is 18.7 Å². The van der Waals surface area contributed by atoms with E-state index in [0.29, 0.717) is 52.8 Å². The van der Waals surface area contributed by atoms with Gasteiger partial charge in [0.1, 0.15) is 29.3 Å². The van der Waals surface area contributed by atoms with Gasteiger partial charge in [0, 0.05) is 18.7 Å². The van der Waals surface area contributed by atoms with E-state index in [4.69, 9.17) is 13.9 Å². The molecular weight excluding hydrogens is 370 g/mol. The van der Waals surface area contributed by atoms with Crippen molar-refractivity contribution in [2.24, 2.45) is 0 Å². The number of benzene rings is 1. The van der Waals surface area contributed by atoms with E-state index in [9.17, 15) is 4.79 Å². The molecule has 4 aromatic rings. The van der Waals surface area contributed by atoms with Gasteiger partial charge in [-0.3, -0.25) is 14.8 Å². The van der Waals surface area contributed by atoms with Gasteiger partial charge in [0.05, 0.1) is 24.6 Å². The number of oxazole rings is 1. The molecule has 0 aliphatic rings. The van der Waals surface area contributed by atoms with Gasteiger partial charge >= 0.3 is 0 Å². The highest BCUT2D eigenvalue weighted by atomic mass is 16.5. The lowest BCUT2D eigenvalue weighted by Crippen LogP contribution is -1.99. The molecule has 3 heterocycles. The fourth-order valence-corrected chi connectivity index (χ4v) is 2.76. The monoisotopic (exact) mass is 389 g/mol. The second-order valence-electron chi connectivity index (χ2n) is 6.34. The minimum absolute atomic E-state index is 0.00209. The third kappa shape index (κ3) is 4.08. The summed E-state index contributed by atoms with van der Waals surface area (Å²) in [4.78, 5) is 24.7. The Balaban J connectivity index is 1.50. The second-order valence-corrected chi connectivity index (χ2v) is 6.34. The van der Waals surface area contributed by atoms with Crippen molar-refractivity contribution >= 4 is 16.9 Å². The molecule has 0 aliphatic carbocycles. The Hall–Kier alpha value is -3.74. The molecule has 0 atom stereocenters. The van der Waals surface area contributed by atoms with Crippen molar-refractivity contribution in [3.63, 3.8) is 0 Å². The van der Waals surface area contributed by atoms with Crippen LogP contribution < -0.4 is 9.47 Å². The Morgan fingerprint density at radius 1 is 1.03 bits per heavy atom. The van der Waals surface area contributed by atoms with Crippen molar-refractivity contribution in [2.75, 3.05) is 7.11 Å². The molecule has 4 rings (SSSR count). The minimum Gasteiger partial charge on any atom is -0.495 e.